The summed E-state index contributed by atoms with van der Waals surface area (Å²) in [4.78, 5) is 11.6. The second-order valence-electron chi connectivity index (χ2n) is 4.18. The zero-order chi connectivity index (χ0) is 12.6. The molecule has 90 valence electrons. The summed E-state index contributed by atoms with van der Waals surface area (Å²) in [6, 6.07) is 3.61. The predicted octanol–water partition coefficient (Wildman–Crippen LogP) is 1.89. The van der Waals surface area contributed by atoms with E-state index in [9.17, 15) is 4.79 Å². The summed E-state index contributed by atoms with van der Waals surface area (Å²) in [6.07, 6.45) is 1.72. The average Bonchev–Trinajstić information content (AvgIpc) is 2.64. The molecule has 6 heteroatoms. The van der Waals surface area contributed by atoms with Crippen molar-refractivity contribution in [2.45, 2.75) is 19.9 Å². The summed E-state index contributed by atoms with van der Waals surface area (Å²) < 4.78 is 3.98. The van der Waals surface area contributed by atoms with E-state index in [-0.39, 0.29) is 11.6 Å². The lowest BCUT2D eigenvalue weighted by molar-refractivity contribution is 0.597. The van der Waals surface area contributed by atoms with Crippen LogP contribution in [0.1, 0.15) is 19.9 Å². The van der Waals surface area contributed by atoms with Gasteiger partial charge in [0.15, 0.2) is 10.6 Å². The largest absolute Gasteiger partial charge is 0.319 e. The SMILES string of the molecule is CC(C)n1c(-c2ccn(C)c(=O)c2)n[nH]c1=S. The quantitative estimate of drug-likeness (QED) is 0.828. The van der Waals surface area contributed by atoms with Crippen LogP contribution in [-0.4, -0.2) is 19.3 Å². The minimum absolute atomic E-state index is 0.0632. The highest BCUT2D eigenvalue weighted by Gasteiger charge is 2.11. The standard InChI is InChI=1S/C11H14N4OS/c1-7(2)15-10(12-13-11(15)17)8-4-5-14(3)9(16)6-8/h4-7H,1-3H3,(H,13,17). The first-order valence-corrected chi connectivity index (χ1v) is 5.75. The van der Waals surface area contributed by atoms with E-state index < -0.39 is 0 Å². The minimum Gasteiger partial charge on any atom is -0.319 e. The first kappa shape index (κ1) is 11.8. The normalized spacial score (nSPS) is 11.1. The van der Waals surface area contributed by atoms with E-state index in [1.165, 1.54) is 4.57 Å². The molecule has 0 aliphatic heterocycles. The van der Waals surface area contributed by atoms with Gasteiger partial charge < -0.3 is 4.57 Å². The van der Waals surface area contributed by atoms with Crippen molar-refractivity contribution in [1.29, 1.82) is 0 Å². The molecular weight excluding hydrogens is 236 g/mol. The van der Waals surface area contributed by atoms with Gasteiger partial charge in [0.25, 0.3) is 5.56 Å². The Labute approximate surface area is 104 Å². The third-order valence-electron chi connectivity index (χ3n) is 2.58. The molecule has 0 fully saturated rings. The van der Waals surface area contributed by atoms with E-state index in [2.05, 4.69) is 10.2 Å². The van der Waals surface area contributed by atoms with Gasteiger partial charge in [-0.3, -0.25) is 14.5 Å². The van der Waals surface area contributed by atoms with Crippen LogP contribution in [0.25, 0.3) is 11.4 Å². The molecule has 0 radical (unpaired) electrons. The minimum atomic E-state index is -0.0632. The van der Waals surface area contributed by atoms with Crippen molar-refractivity contribution < 1.29 is 0 Å². The Kier molecular flexibility index (Phi) is 2.97. The van der Waals surface area contributed by atoms with E-state index >= 15 is 0 Å². The molecular formula is C11H14N4OS. The molecule has 0 aliphatic carbocycles. The van der Waals surface area contributed by atoms with Crippen LogP contribution >= 0.6 is 12.2 Å². The lowest BCUT2D eigenvalue weighted by Crippen LogP contribution is -2.15. The maximum absolute atomic E-state index is 11.6. The molecule has 0 atom stereocenters. The van der Waals surface area contributed by atoms with Gasteiger partial charge in [0, 0.05) is 30.9 Å². The Hall–Kier alpha value is -1.69. The second-order valence-corrected chi connectivity index (χ2v) is 4.57. The van der Waals surface area contributed by atoms with Crippen LogP contribution < -0.4 is 5.56 Å². The number of nitrogens with zero attached hydrogens (tertiary/aromatic N) is 3. The van der Waals surface area contributed by atoms with Gasteiger partial charge in [-0.05, 0) is 32.1 Å². The van der Waals surface area contributed by atoms with E-state index in [1.54, 1.807) is 19.3 Å². The highest BCUT2D eigenvalue weighted by Crippen LogP contribution is 2.19. The van der Waals surface area contributed by atoms with Crippen LogP contribution in [0.2, 0.25) is 0 Å². The Morgan fingerprint density at radius 3 is 2.76 bits per heavy atom. The summed E-state index contributed by atoms with van der Waals surface area (Å²) in [5.41, 5.74) is 0.709. The molecule has 0 bridgehead atoms. The van der Waals surface area contributed by atoms with Crippen molar-refractivity contribution in [3.05, 3.63) is 33.5 Å². The van der Waals surface area contributed by atoms with Crippen molar-refractivity contribution in [2.24, 2.45) is 7.05 Å². The van der Waals surface area contributed by atoms with Crippen molar-refractivity contribution in [2.75, 3.05) is 0 Å². The highest BCUT2D eigenvalue weighted by molar-refractivity contribution is 7.71. The van der Waals surface area contributed by atoms with Crippen LogP contribution in [0.15, 0.2) is 23.1 Å². The summed E-state index contributed by atoms with van der Waals surface area (Å²) in [5, 5.41) is 6.93. The fourth-order valence-electron chi connectivity index (χ4n) is 1.68. The van der Waals surface area contributed by atoms with Crippen LogP contribution in [0.4, 0.5) is 0 Å². The summed E-state index contributed by atoms with van der Waals surface area (Å²) in [5.74, 6) is 0.697. The lowest BCUT2D eigenvalue weighted by Gasteiger charge is -2.10. The molecule has 5 nitrogen and oxygen atoms in total. The Morgan fingerprint density at radius 2 is 2.18 bits per heavy atom. The first-order valence-electron chi connectivity index (χ1n) is 5.34. The number of rotatable bonds is 2. The van der Waals surface area contributed by atoms with Crippen molar-refractivity contribution in [3.63, 3.8) is 0 Å². The Bertz CT molecular complexity index is 650. The number of hydrogen-bond acceptors (Lipinski definition) is 3. The van der Waals surface area contributed by atoms with Gasteiger partial charge in [0.2, 0.25) is 0 Å². The Balaban J connectivity index is 2.65. The van der Waals surface area contributed by atoms with Gasteiger partial charge in [-0.25, -0.2) is 0 Å². The molecule has 2 aromatic heterocycles. The molecule has 0 aromatic carbocycles. The van der Waals surface area contributed by atoms with E-state index in [4.69, 9.17) is 12.2 Å². The molecule has 2 heterocycles. The zero-order valence-electron chi connectivity index (χ0n) is 9.97. The van der Waals surface area contributed by atoms with Crippen molar-refractivity contribution >= 4 is 12.2 Å². The van der Waals surface area contributed by atoms with Crippen LogP contribution in [0.5, 0.6) is 0 Å². The lowest BCUT2D eigenvalue weighted by atomic mass is 10.2. The molecule has 0 saturated carbocycles. The molecule has 1 N–H and O–H groups in total. The smallest absolute Gasteiger partial charge is 0.250 e. The monoisotopic (exact) mass is 250 g/mol. The van der Waals surface area contributed by atoms with Gasteiger partial charge in [0.1, 0.15) is 0 Å². The maximum Gasteiger partial charge on any atom is 0.250 e. The van der Waals surface area contributed by atoms with Gasteiger partial charge in [-0.2, -0.15) is 5.10 Å². The summed E-state index contributed by atoms with van der Waals surface area (Å²) in [7, 11) is 1.71. The number of pyridine rings is 1. The third kappa shape index (κ3) is 2.08. The second kappa shape index (κ2) is 4.29. The van der Waals surface area contributed by atoms with Crippen molar-refractivity contribution in [1.82, 2.24) is 19.3 Å². The molecule has 0 amide bonds. The molecule has 0 spiro atoms. The molecule has 2 rings (SSSR count). The number of aromatic amines is 1. The fraction of sp³-hybridized carbons (Fsp3) is 0.364. The number of aromatic nitrogens is 4. The maximum atomic E-state index is 11.6. The first-order chi connectivity index (χ1) is 8.00. The highest BCUT2D eigenvalue weighted by atomic mass is 32.1. The number of nitrogens with one attached hydrogen (secondary N) is 1. The van der Waals surface area contributed by atoms with E-state index in [0.717, 1.165) is 5.56 Å². The molecule has 0 saturated heterocycles. The van der Waals surface area contributed by atoms with Gasteiger partial charge in [-0.1, -0.05) is 0 Å². The van der Waals surface area contributed by atoms with Gasteiger partial charge in [-0.15, -0.1) is 0 Å². The summed E-state index contributed by atoms with van der Waals surface area (Å²) in [6.45, 7) is 4.05. The van der Waals surface area contributed by atoms with Gasteiger partial charge in [0.05, 0.1) is 0 Å². The van der Waals surface area contributed by atoms with E-state index in [1.807, 2.05) is 24.5 Å². The van der Waals surface area contributed by atoms with Gasteiger partial charge >= 0.3 is 0 Å². The molecule has 2 aromatic rings. The van der Waals surface area contributed by atoms with Crippen molar-refractivity contribution in [3.8, 4) is 11.4 Å². The predicted molar refractivity (Wildman–Crippen MR) is 68.5 cm³/mol. The van der Waals surface area contributed by atoms with Crippen LogP contribution in [0.3, 0.4) is 0 Å². The molecule has 0 aliphatic rings. The molecule has 0 unspecified atom stereocenters. The van der Waals surface area contributed by atoms with Crippen LogP contribution in [-0.2, 0) is 7.05 Å². The average molecular weight is 250 g/mol. The van der Waals surface area contributed by atoms with Crippen LogP contribution in [0, 0.1) is 4.77 Å². The Morgan fingerprint density at radius 1 is 1.47 bits per heavy atom. The third-order valence-corrected chi connectivity index (χ3v) is 2.87. The number of aryl methyl sites for hydroxylation is 1. The number of hydrogen-bond donors (Lipinski definition) is 1. The summed E-state index contributed by atoms with van der Waals surface area (Å²) >= 11 is 5.17. The fourth-order valence-corrected chi connectivity index (χ4v) is 2.02. The zero-order valence-corrected chi connectivity index (χ0v) is 10.8. The topological polar surface area (TPSA) is 55.6 Å². The molecule has 17 heavy (non-hydrogen) atoms. The van der Waals surface area contributed by atoms with E-state index in [0.29, 0.717) is 10.6 Å². The number of H-pyrrole nitrogens is 1.